The Morgan fingerprint density at radius 2 is 2.00 bits per heavy atom. The molecule has 0 atom stereocenters. The van der Waals surface area contributed by atoms with Gasteiger partial charge in [0.15, 0.2) is 0 Å². The Labute approximate surface area is 127 Å². The van der Waals surface area contributed by atoms with E-state index >= 15 is 0 Å². The summed E-state index contributed by atoms with van der Waals surface area (Å²) in [5.41, 5.74) is 4.88. The second-order valence-corrected chi connectivity index (χ2v) is 5.31. The highest BCUT2D eigenvalue weighted by Crippen LogP contribution is 2.35. The Hall–Kier alpha value is -1.34. The highest BCUT2D eigenvalue weighted by molar-refractivity contribution is 7.80. The van der Waals surface area contributed by atoms with E-state index in [-0.39, 0.29) is 16.6 Å². The molecule has 118 valence electrons. The molecule has 2 N–H and O–H groups in total. The topological polar surface area (TPSA) is 38.5 Å². The number of rotatable bonds is 6. The van der Waals surface area contributed by atoms with E-state index in [0.717, 1.165) is 6.07 Å². The van der Waals surface area contributed by atoms with Crippen LogP contribution >= 0.6 is 12.2 Å². The molecule has 0 bridgehead atoms. The highest BCUT2D eigenvalue weighted by atomic mass is 32.1. The molecule has 1 aromatic rings. The maximum atomic E-state index is 13.1. The Morgan fingerprint density at radius 3 is 2.43 bits per heavy atom. The molecule has 3 nitrogen and oxygen atoms in total. The van der Waals surface area contributed by atoms with Gasteiger partial charge in [0.25, 0.3) is 0 Å². The summed E-state index contributed by atoms with van der Waals surface area (Å²) in [6, 6.07) is 4.04. The number of benzene rings is 1. The average molecular weight is 320 g/mol. The van der Waals surface area contributed by atoms with Crippen LogP contribution in [-0.2, 0) is 10.9 Å². The summed E-state index contributed by atoms with van der Waals surface area (Å²) in [7, 11) is 1.55. The number of methoxy groups -OCH3 is 1. The zero-order valence-corrected chi connectivity index (χ0v) is 13.0. The highest BCUT2D eigenvalue weighted by Gasteiger charge is 2.34. The molecular formula is C14H19F3N2OS. The lowest BCUT2D eigenvalue weighted by Crippen LogP contribution is -2.34. The number of nitrogens with zero attached hydrogens (tertiary/aromatic N) is 1. The van der Waals surface area contributed by atoms with Crippen molar-refractivity contribution in [1.82, 2.24) is 0 Å². The minimum atomic E-state index is -4.50. The second-order valence-electron chi connectivity index (χ2n) is 4.87. The standard InChI is InChI=1S/C14H19F3N2OS/c1-9(2)19(6-7-20-3)10-4-5-11(13(18)21)12(8-10)14(15,16)17/h4-5,8-9H,6-7H2,1-3H3,(H2,18,21). The van der Waals surface area contributed by atoms with Crippen LogP contribution < -0.4 is 10.6 Å². The van der Waals surface area contributed by atoms with Gasteiger partial charge in [-0.15, -0.1) is 0 Å². The summed E-state index contributed by atoms with van der Waals surface area (Å²) in [4.78, 5) is 1.57. The SMILES string of the molecule is COCCN(c1ccc(C(N)=S)c(C(F)(F)F)c1)C(C)C. The zero-order chi connectivity index (χ0) is 16.2. The predicted octanol–water partition coefficient (Wildman–Crippen LogP) is 3.20. The Balaban J connectivity index is 3.28. The number of halogens is 3. The van der Waals surface area contributed by atoms with Crippen LogP contribution in [-0.4, -0.2) is 31.3 Å². The van der Waals surface area contributed by atoms with Gasteiger partial charge in [-0.1, -0.05) is 12.2 Å². The van der Waals surface area contributed by atoms with E-state index in [4.69, 9.17) is 22.7 Å². The Morgan fingerprint density at radius 1 is 1.38 bits per heavy atom. The van der Waals surface area contributed by atoms with Gasteiger partial charge in [0.05, 0.1) is 12.2 Å². The lowest BCUT2D eigenvalue weighted by molar-refractivity contribution is -0.137. The maximum Gasteiger partial charge on any atom is 0.417 e. The van der Waals surface area contributed by atoms with E-state index in [1.54, 1.807) is 13.2 Å². The number of hydrogen-bond acceptors (Lipinski definition) is 3. The van der Waals surface area contributed by atoms with Crippen molar-refractivity contribution in [3.05, 3.63) is 29.3 Å². The average Bonchev–Trinajstić information content (AvgIpc) is 2.37. The summed E-state index contributed by atoms with van der Waals surface area (Å²) < 4.78 is 44.4. The van der Waals surface area contributed by atoms with Crippen LogP contribution in [0.15, 0.2) is 18.2 Å². The van der Waals surface area contributed by atoms with Crippen LogP contribution in [0.2, 0.25) is 0 Å². The minimum absolute atomic E-state index is 0.0388. The molecule has 0 aliphatic carbocycles. The summed E-state index contributed by atoms with van der Waals surface area (Å²) >= 11 is 4.69. The van der Waals surface area contributed by atoms with Crippen molar-refractivity contribution in [2.24, 2.45) is 5.73 Å². The first-order chi connectivity index (χ1) is 9.68. The smallest absolute Gasteiger partial charge is 0.389 e. The van der Waals surface area contributed by atoms with Crippen molar-refractivity contribution in [3.8, 4) is 0 Å². The van der Waals surface area contributed by atoms with Crippen molar-refractivity contribution in [3.63, 3.8) is 0 Å². The van der Waals surface area contributed by atoms with E-state index in [1.165, 1.54) is 6.07 Å². The van der Waals surface area contributed by atoms with Crippen LogP contribution in [0.5, 0.6) is 0 Å². The number of nitrogens with two attached hydrogens (primary N) is 1. The van der Waals surface area contributed by atoms with Gasteiger partial charge in [0, 0.05) is 30.9 Å². The van der Waals surface area contributed by atoms with E-state index in [0.29, 0.717) is 18.8 Å². The van der Waals surface area contributed by atoms with Gasteiger partial charge in [-0.05, 0) is 32.0 Å². The van der Waals surface area contributed by atoms with Gasteiger partial charge in [-0.25, -0.2) is 0 Å². The first-order valence-electron chi connectivity index (χ1n) is 6.45. The molecule has 1 aromatic carbocycles. The number of hydrogen-bond donors (Lipinski definition) is 1. The van der Waals surface area contributed by atoms with Gasteiger partial charge >= 0.3 is 6.18 Å². The van der Waals surface area contributed by atoms with E-state index in [1.807, 2.05) is 18.7 Å². The molecule has 7 heteroatoms. The summed E-state index contributed by atoms with van der Waals surface area (Å²) in [6.45, 7) is 4.74. The molecule has 1 rings (SSSR count). The third kappa shape index (κ3) is 4.57. The van der Waals surface area contributed by atoms with Gasteiger partial charge in [0.1, 0.15) is 4.99 Å². The van der Waals surface area contributed by atoms with Crippen LogP contribution in [0.25, 0.3) is 0 Å². The molecule has 0 fully saturated rings. The third-order valence-corrected chi connectivity index (χ3v) is 3.29. The first kappa shape index (κ1) is 17.7. The van der Waals surface area contributed by atoms with Crippen molar-refractivity contribution in [2.45, 2.75) is 26.1 Å². The largest absolute Gasteiger partial charge is 0.417 e. The summed E-state index contributed by atoms with van der Waals surface area (Å²) in [6.07, 6.45) is -4.50. The van der Waals surface area contributed by atoms with Crippen LogP contribution in [0.4, 0.5) is 18.9 Å². The fourth-order valence-corrected chi connectivity index (χ4v) is 2.21. The first-order valence-corrected chi connectivity index (χ1v) is 6.86. The molecule has 21 heavy (non-hydrogen) atoms. The molecule has 0 radical (unpaired) electrons. The van der Waals surface area contributed by atoms with Crippen molar-refractivity contribution in [2.75, 3.05) is 25.2 Å². The van der Waals surface area contributed by atoms with Gasteiger partial charge < -0.3 is 15.4 Å². The molecule has 0 aliphatic heterocycles. The third-order valence-electron chi connectivity index (χ3n) is 3.07. The quantitative estimate of drug-likeness (QED) is 0.817. The monoisotopic (exact) mass is 320 g/mol. The fraction of sp³-hybridized carbons (Fsp3) is 0.500. The Kier molecular flexibility index (Phi) is 5.98. The van der Waals surface area contributed by atoms with Crippen LogP contribution in [0, 0.1) is 0 Å². The molecule has 0 saturated carbocycles. The molecule has 0 spiro atoms. The van der Waals surface area contributed by atoms with E-state index in [9.17, 15) is 13.2 Å². The zero-order valence-electron chi connectivity index (χ0n) is 12.2. The van der Waals surface area contributed by atoms with Gasteiger partial charge in [-0.3, -0.25) is 0 Å². The molecule has 0 aliphatic rings. The van der Waals surface area contributed by atoms with Crippen molar-refractivity contribution in [1.29, 1.82) is 0 Å². The molecule has 0 unspecified atom stereocenters. The molecule has 0 amide bonds. The maximum absolute atomic E-state index is 13.1. The lowest BCUT2D eigenvalue weighted by atomic mass is 10.0. The second kappa shape index (κ2) is 7.09. The van der Waals surface area contributed by atoms with Gasteiger partial charge in [0.2, 0.25) is 0 Å². The number of anilines is 1. The van der Waals surface area contributed by atoms with Crippen LogP contribution in [0.1, 0.15) is 25.0 Å². The molecule has 0 aromatic heterocycles. The van der Waals surface area contributed by atoms with E-state index in [2.05, 4.69) is 0 Å². The van der Waals surface area contributed by atoms with E-state index < -0.39 is 11.7 Å². The number of thiocarbonyl (C=S) groups is 1. The minimum Gasteiger partial charge on any atom is -0.389 e. The molecule has 0 saturated heterocycles. The molecular weight excluding hydrogens is 301 g/mol. The number of ether oxygens (including phenoxy) is 1. The normalized spacial score (nSPS) is 11.8. The molecule has 0 heterocycles. The summed E-state index contributed by atoms with van der Waals surface area (Å²) in [5.74, 6) is 0. The Bertz CT molecular complexity index is 503. The predicted molar refractivity (Wildman–Crippen MR) is 81.7 cm³/mol. The lowest BCUT2D eigenvalue weighted by Gasteiger charge is -2.29. The number of alkyl halides is 3. The van der Waals surface area contributed by atoms with Crippen molar-refractivity contribution >= 4 is 22.9 Å². The summed E-state index contributed by atoms with van der Waals surface area (Å²) in [5, 5.41) is 0. The fourth-order valence-electron chi connectivity index (χ4n) is 2.04. The van der Waals surface area contributed by atoms with Crippen LogP contribution in [0.3, 0.4) is 0 Å². The van der Waals surface area contributed by atoms with Crippen molar-refractivity contribution < 1.29 is 17.9 Å². The van der Waals surface area contributed by atoms with Gasteiger partial charge in [-0.2, -0.15) is 13.2 Å².